The molecule has 4 heteroatoms. The average molecular weight is 182 g/mol. The summed E-state index contributed by atoms with van der Waals surface area (Å²) in [7, 11) is 1.87. The molecule has 0 atom stereocenters. The number of aliphatic hydroxyl groups excluding tert-OH is 1. The van der Waals surface area contributed by atoms with E-state index in [-0.39, 0.29) is 6.61 Å². The van der Waals surface area contributed by atoms with Gasteiger partial charge in [-0.2, -0.15) is 0 Å². The number of pyridine rings is 1. The zero-order chi connectivity index (χ0) is 9.52. The standard InChI is InChI=1S/C9H14N2O2/c1-10-6-8-2-3-9(7-11-8)13-5-4-12/h2-3,7,10,12H,4-6H2,1H3. The molecule has 0 aliphatic heterocycles. The molecular weight excluding hydrogens is 168 g/mol. The van der Waals surface area contributed by atoms with Crippen molar-refractivity contribution in [3.8, 4) is 5.75 Å². The molecule has 1 aromatic heterocycles. The van der Waals surface area contributed by atoms with Gasteiger partial charge in [0.1, 0.15) is 12.4 Å². The fourth-order valence-electron chi connectivity index (χ4n) is 0.945. The Morgan fingerprint density at radius 3 is 2.92 bits per heavy atom. The molecule has 0 aliphatic carbocycles. The Morgan fingerprint density at radius 1 is 1.54 bits per heavy atom. The van der Waals surface area contributed by atoms with E-state index in [4.69, 9.17) is 9.84 Å². The fourth-order valence-corrected chi connectivity index (χ4v) is 0.945. The van der Waals surface area contributed by atoms with Crippen molar-refractivity contribution in [3.05, 3.63) is 24.0 Å². The SMILES string of the molecule is CNCc1ccc(OCCO)cn1. The summed E-state index contributed by atoms with van der Waals surface area (Å²) in [6.45, 7) is 1.09. The summed E-state index contributed by atoms with van der Waals surface area (Å²) < 4.78 is 5.16. The normalized spacial score (nSPS) is 10.0. The molecule has 0 aromatic carbocycles. The van der Waals surface area contributed by atoms with Crippen LogP contribution in [0, 0.1) is 0 Å². The molecule has 0 bridgehead atoms. The van der Waals surface area contributed by atoms with E-state index in [1.807, 2.05) is 19.2 Å². The number of aromatic nitrogens is 1. The van der Waals surface area contributed by atoms with Gasteiger partial charge in [-0.25, -0.2) is 0 Å². The lowest BCUT2D eigenvalue weighted by molar-refractivity contribution is 0.201. The molecule has 1 heterocycles. The van der Waals surface area contributed by atoms with E-state index in [2.05, 4.69) is 10.3 Å². The first-order valence-corrected chi connectivity index (χ1v) is 4.20. The second kappa shape index (κ2) is 5.50. The highest BCUT2D eigenvalue weighted by atomic mass is 16.5. The second-order valence-electron chi connectivity index (χ2n) is 2.59. The van der Waals surface area contributed by atoms with Gasteiger partial charge in [0.15, 0.2) is 0 Å². The summed E-state index contributed by atoms with van der Waals surface area (Å²) in [5, 5.41) is 11.5. The number of nitrogens with zero attached hydrogens (tertiary/aromatic N) is 1. The first kappa shape index (κ1) is 9.95. The predicted molar refractivity (Wildman–Crippen MR) is 49.6 cm³/mol. The maximum absolute atomic E-state index is 8.51. The Bertz CT molecular complexity index is 236. The molecule has 0 saturated heterocycles. The Labute approximate surface area is 77.6 Å². The fraction of sp³-hybridized carbons (Fsp3) is 0.444. The largest absolute Gasteiger partial charge is 0.490 e. The van der Waals surface area contributed by atoms with E-state index < -0.39 is 0 Å². The zero-order valence-electron chi connectivity index (χ0n) is 7.66. The molecule has 1 rings (SSSR count). The number of ether oxygens (including phenoxy) is 1. The van der Waals surface area contributed by atoms with Crippen LogP contribution in [-0.2, 0) is 6.54 Å². The molecule has 0 radical (unpaired) electrons. The third-order valence-electron chi connectivity index (χ3n) is 1.52. The summed E-state index contributed by atoms with van der Waals surface area (Å²) in [5.41, 5.74) is 0.971. The van der Waals surface area contributed by atoms with Crippen molar-refractivity contribution in [2.24, 2.45) is 0 Å². The van der Waals surface area contributed by atoms with Crippen molar-refractivity contribution in [1.29, 1.82) is 0 Å². The van der Waals surface area contributed by atoms with Crippen LogP contribution < -0.4 is 10.1 Å². The van der Waals surface area contributed by atoms with Gasteiger partial charge in [-0.1, -0.05) is 0 Å². The van der Waals surface area contributed by atoms with Gasteiger partial charge >= 0.3 is 0 Å². The van der Waals surface area contributed by atoms with Crippen LogP contribution in [0.15, 0.2) is 18.3 Å². The highest BCUT2D eigenvalue weighted by molar-refractivity contribution is 5.19. The van der Waals surface area contributed by atoms with Crippen molar-refractivity contribution in [3.63, 3.8) is 0 Å². The number of aliphatic hydroxyl groups is 1. The minimum atomic E-state index is 0.0261. The Morgan fingerprint density at radius 2 is 2.38 bits per heavy atom. The van der Waals surface area contributed by atoms with Gasteiger partial charge < -0.3 is 15.2 Å². The summed E-state index contributed by atoms with van der Waals surface area (Å²) in [6.07, 6.45) is 1.66. The number of rotatable bonds is 5. The third-order valence-corrected chi connectivity index (χ3v) is 1.52. The second-order valence-corrected chi connectivity index (χ2v) is 2.59. The first-order chi connectivity index (χ1) is 6.36. The monoisotopic (exact) mass is 182 g/mol. The van der Waals surface area contributed by atoms with Crippen molar-refractivity contribution < 1.29 is 9.84 Å². The third kappa shape index (κ3) is 3.40. The van der Waals surface area contributed by atoms with Crippen LogP contribution in [0.25, 0.3) is 0 Å². The Balaban J connectivity index is 2.48. The average Bonchev–Trinajstić information content (AvgIpc) is 2.17. The highest BCUT2D eigenvalue weighted by Gasteiger charge is 1.94. The maximum Gasteiger partial charge on any atom is 0.137 e. The molecule has 0 fully saturated rings. The van der Waals surface area contributed by atoms with E-state index in [0.717, 1.165) is 12.2 Å². The van der Waals surface area contributed by atoms with Crippen LogP contribution in [0.2, 0.25) is 0 Å². The van der Waals surface area contributed by atoms with Crippen LogP contribution in [0.1, 0.15) is 5.69 Å². The van der Waals surface area contributed by atoms with Gasteiger partial charge in [0.05, 0.1) is 18.5 Å². The summed E-state index contributed by atoms with van der Waals surface area (Å²) in [4.78, 5) is 4.15. The number of nitrogens with one attached hydrogen (secondary N) is 1. The van der Waals surface area contributed by atoms with E-state index in [9.17, 15) is 0 Å². The molecule has 13 heavy (non-hydrogen) atoms. The van der Waals surface area contributed by atoms with Gasteiger partial charge in [-0.3, -0.25) is 4.98 Å². The van der Waals surface area contributed by atoms with Gasteiger partial charge in [0, 0.05) is 6.54 Å². The smallest absolute Gasteiger partial charge is 0.137 e. The molecule has 0 aliphatic rings. The van der Waals surface area contributed by atoms with Gasteiger partial charge in [-0.15, -0.1) is 0 Å². The molecule has 0 unspecified atom stereocenters. The molecule has 72 valence electrons. The Hall–Kier alpha value is -1.13. The molecule has 0 amide bonds. The van der Waals surface area contributed by atoms with Gasteiger partial charge in [0.25, 0.3) is 0 Å². The van der Waals surface area contributed by atoms with Gasteiger partial charge in [-0.05, 0) is 19.2 Å². The minimum Gasteiger partial charge on any atom is -0.490 e. The van der Waals surface area contributed by atoms with Crippen LogP contribution in [0.5, 0.6) is 5.75 Å². The van der Waals surface area contributed by atoms with E-state index in [1.165, 1.54) is 0 Å². The van der Waals surface area contributed by atoms with Crippen LogP contribution >= 0.6 is 0 Å². The molecule has 0 saturated carbocycles. The van der Waals surface area contributed by atoms with Crippen LogP contribution in [-0.4, -0.2) is 30.4 Å². The van der Waals surface area contributed by atoms with Crippen molar-refractivity contribution in [2.45, 2.75) is 6.54 Å². The van der Waals surface area contributed by atoms with Crippen LogP contribution in [0.3, 0.4) is 0 Å². The Kier molecular flexibility index (Phi) is 4.21. The zero-order valence-corrected chi connectivity index (χ0v) is 7.66. The van der Waals surface area contributed by atoms with Gasteiger partial charge in [0.2, 0.25) is 0 Å². The first-order valence-electron chi connectivity index (χ1n) is 4.20. The van der Waals surface area contributed by atoms with E-state index in [0.29, 0.717) is 12.4 Å². The van der Waals surface area contributed by atoms with Crippen molar-refractivity contribution in [2.75, 3.05) is 20.3 Å². The molecule has 0 spiro atoms. The number of hydrogen-bond donors (Lipinski definition) is 2. The molecule has 4 nitrogen and oxygen atoms in total. The van der Waals surface area contributed by atoms with Crippen molar-refractivity contribution >= 4 is 0 Å². The molecular formula is C9H14N2O2. The maximum atomic E-state index is 8.51. The number of hydrogen-bond acceptors (Lipinski definition) is 4. The molecule has 1 aromatic rings. The lowest BCUT2D eigenvalue weighted by Crippen LogP contribution is -2.07. The van der Waals surface area contributed by atoms with E-state index in [1.54, 1.807) is 6.20 Å². The summed E-state index contributed by atoms with van der Waals surface area (Å²) in [6, 6.07) is 3.73. The topological polar surface area (TPSA) is 54.4 Å². The highest BCUT2D eigenvalue weighted by Crippen LogP contribution is 2.08. The lowest BCUT2D eigenvalue weighted by atomic mass is 10.3. The van der Waals surface area contributed by atoms with E-state index >= 15 is 0 Å². The lowest BCUT2D eigenvalue weighted by Gasteiger charge is -2.04. The summed E-state index contributed by atoms with van der Waals surface area (Å²) in [5.74, 6) is 0.689. The quantitative estimate of drug-likeness (QED) is 0.681. The van der Waals surface area contributed by atoms with Crippen LogP contribution in [0.4, 0.5) is 0 Å². The van der Waals surface area contributed by atoms with Crippen molar-refractivity contribution in [1.82, 2.24) is 10.3 Å². The summed E-state index contributed by atoms with van der Waals surface area (Å²) >= 11 is 0. The minimum absolute atomic E-state index is 0.0261. The predicted octanol–water partition coefficient (Wildman–Crippen LogP) is 0.172. The molecule has 2 N–H and O–H groups in total.